The fourth-order valence-corrected chi connectivity index (χ4v) is 3.16. The number of anilines is 3. The highest BCUT2D eigenvalue weighted by Crippen LogP contribution is 2.30. The number of hydrogen-bond donors (Lipinski definition) is 2. The number of methoxy groups -OCH3 is 2. The zero-order chi connectivity index (χ0) is 22.3. The number of carbonyl (C=O) groups is 1. The maximum Gasteiger partial charge on any atom is 0.255 e. The van der Waals surface area contributed by atoms with Gasteiger partial charge in [-0.3, -0.25) is 4.79 Å². The third-order valence-corrected chi connectivity index (χ3v) is 4.73. The van der Waals surface area contributed by atoms with E-state index in [9.17, 15) is 4.79 Å². The normalized spacial score (nSPS) is 10.3. The molecule has 160 valence electrons. The summed E-state index contributed by atoms with van der Waals surface area (Å²) >= 11 is 0. The van der Waals surface area contributed by atoms with Gasteiger partial charge in [-0.2, -0.15) is 0 Å². The predicted octanol–water partition coefficient (Wildman–Crippen LogP) is 5.16. The van der Waals surface area contributed by atoms with Crippen molar-refractivity contribution in [2.24, 2.45) is 0 Å². The summed E-state index contributed by atoms with van der Waals surface area (Å²) in [6, 6.07) is 23.9. The first-order valence-corrected chi connectivity index (χ1v) is 9.95. The fourth-order valence-electron chi connectivity index (χ4n) is 3.16. The Hall–Kier alpha value is -4.39. The molecule has 0 radical (unpaired) electrons. The van der Waals surface area contributed by atoms with Gasteiger partial charge in [0.1, 0.15) is 5.82 Å². The Balaban J connectivity index is 1.50. The molecule has 1 heterocycles. The van der Waals surface area contributed by atoms with E-state index in [1.165, 1.54) is 0 Å². The van der Waals surface area contributed by atoms with Gasteiger partial charge in [0, 0.05) is 34.8 Å². The molecule has 0 aliphatic heterocycles. The highest BCUT2D eigenvalue weighted by molar-refractivity contribution is 6.05. The van der Waals surface area contributed by atoms with Crippen LogP contribution in [0.1, 0.15) is 10.4 Å². The van der Waals surface area contributed by atoms with Crippen LogP contribution in [-0.4, -0.2) is 30.1 Å². The van der Waals surface area contributed by atoms with Gasteiger partial charge < -0.3 is 20.1 Å². The van der Waals surface area contributed by atoms with Crippen molar-refractivity contribution in [2.45, 2.75) is 0 Å². The van der Waals surface area contributed by atoms with Gasteiger partial charge >= 0.3 is 0 Å². The van der Waals surface area contributed by atoms with Crippen LogP contribution in [0, 0.1) is 0 Å². The van der Waals surface area contributed by atoms with Crippen LogP contribution in [-0.2, 0) is 0 Å². The average molecular weight is 426 g/mol. The second kappa shape index (κ2) is 9.61. The summed E-state index contributed by atoms with van der Waals surface area (Å²) in [7, 11) is 3.12. The number of hydrogen-bond acceptors (Lipinski definition) is 6. The molecule has 0 unspecified atom stereocenters. The van der Waals surface area contributed by atoms with Crippen LogP contribution in [0.3, 0.4) is 0 Å². The van der Waals surface area contributed by atoms with Crippen molar-refractivity contribution >= 4 is 23.1 Å². The van der Waals surface area contributed by atoms with Crippen molar-refractivity contribution in [1.82, 2.24) is 9.97 Å². The lowest BCUT2D eigenvalue weighted by atomic mass is 10.1. The molecule has 7 nitrogen and oxygen atoms in total. The predicted molar refractivity (Wildman–Crippen MR) is 125 cm³/mol. The van der Waals surface area contributed by atoms with Gasteiger partial charge in [0.2, 0.25) is 0 Å². The van der Waals surface area contributed by atoms with E-state index in [1.807, 2.05) is 42.5 Å². The number of rotatable bonds is 7. The zero-order valence-corrected chi connectivity index (χ0v) is 17.7. The number of ether oxygens (including phenoxy) is 2. The highest BCUT2D eigenvalue weighted by Gasteiger charge is 2.10. The Morgan fingerprint density at radius 1 is 0.812 bits per heavy atom. The molecule has 0 aliphatic rings. The van der Waals surface area contributed by atoms with E-state index in [2.05, 4.69) is 20.6 Å². The lowest BCUT2D eigenvalue weighted by molar-refractivity contribution is 0.102. The summed E-state index contributed by atoms with van der Waals surface area (Å²) in [5.41, 5.74) is 2.78. The number of aromatic nitrogens is 2. The molecular weight excluding hydrogens is 404 g/mol. The van der Waals surface area contributed by atoms with Crippen LogP contribution in [0.5, 0.6) is 11.5 Å². The molecule has 2 N–H and O–H groups in total. The molecule has 1 amide bonds. The first-order valence-electron chi connectivity index (χ1n) is 9.95. The Labute approximate surface area is 186 Å². The molecule has 4 aromatic rings. The van der Waals surface area contributed by atoms with Crippen LogP contribution in [0.15, 0.2) is 85.1 Å². The summed E-state index contributed by atoms with van der Waals surface area (Å²) in [4.78, 5) is 21.7. The third kappa shape index (κ3) is 4.84. The van der Waals surface area contributed by atoms with E-state index >= 15 is 0 Å². The van der Waals surface area contributed by atoms with E-state index in [-0.39, 0.29) is 5.91 Å². The van der Waals surface area contributed by atoms with Gasteiger partial charge in [-0.15, -0.1) is 0 Å². The number of nitrogens with one attached hydrogen (secondary N) is 2. The molecule has 3 aromatic carbocycles. The molecular formula is C25H22N4O3. The van der Waals surface area contributed by atoms with E-state index in [4.69, 9.17) is 9.47 Å². The molecule has 7 heteroatoms. The second-order valence-corrected chi connectivity index (χ2v) is 6.86. The monoisotopic (exact) mass is 426 g/mol. The molecule has 0 fully saturated rings. The first kappa shape index (κ1) is 20.9. The molecule has 1 aromatic heterocycles. The second-order valence-electron chi connectivity index (χ2n) is 6.86. The van der Waals surface area contributed by atoms with Gasteiger partial charge in [-0.25, -0.2) is 9.97 Å². The molecule has 0 bridgehead atoms. The topological polar surface area (TPSA) is 85.4 Å². The van der Waals surface area contributed by atoms with E-state index in [0.29, 0.717) is 34.4 Å². The van der Waals surface area contributed by atoms with E-state index in [1.54, 1.807) is 56.8 Å². The summed E-state index contributed by atoms with van der Waals surface area (Å²) in [5.74, 6) is 2.15. The van der Waals surface area contributed by atoms with Crippen molar-refractivity contribution in [2.75, 3.05) is 24.9 Å². The molecule has 0 aliphatic carbocycles. The first-order chi connectivity index (χ1) is 15.7. The SMILES string of the molecule is COc1ccc(NC(=O)c2cccc(Nc3ccnc(-c4ccccc4)n3)c2)cc1OC. The summed E-state index contributed by atoms with van der Waals surface area (Å²) < 4.78 is 10.5. The minimum Gasteiger partial charge on any atom is -0.493 e. The van der Waals surface area contributed by atoms with Crippen molar-refractivity contribution in [3.63, 3.8) is 0 Å². The van der Waals surface area contributed by atoms with Crippen molar-refractivity contribution in [3.8, 4) is 22.9 Å². The lowest BCUT2D eigenvalue weighted by Crippen LogP contribution is -2.12. The fraction of sp³-hybridized carbons (Fsp3) is 0.0800. The quantitative estimate of drug-likeness (QED) is 0.425. The number of benzene rings is 3. The largest absolute Gasteiger partial charge is 0.493 e. The number of carbonyl (C=O) groups excluding carboxylic acids is 1. The van der Waals surface area contributed by atoms with Gasteiger partial charge in [-0.1, -0.05) is 36.4 Å². The van der Waals surface area contributed by atoms with Gasteiger partial charge in [0.25, 0.3) is 5.91 Å². The smallest absolute Gasteiger partial charge is 0.255 e. The number of nitrogens with zero attached hydrogens (tertiary/aromatic N) is 2. The summed E-state index contributed by atoms with van der Waals surface area (Å²) in [5, 5.41) is 6.12. The minimum atomic E-state index is -0.242. The van der Waals surface area contributed by atoms with E-state index in [0.717, 1.165) is 11.3 Å². The van der Waals surface area contributed by atoms with Crippen LogP contribution in [0.25, 0.3) is 11.4 Å². The van der Waals surface area contributed by atoms with Gasteiger partial charge in [0.15, 0.2) is 17.3 Å². The Morgan fingerprint density at radius 2 is 1.62 bits per heavy atom. The molecule has 0 saturated carbocycles. The molecule has 0 saturated heterocycles. The molecule has 4 rings (SSSR count). The minimum absolute atomic E-state index is 0.242. The summed E-state index contributed by atoms with van der Waals surface area (Å²) in [6.45, 7) is 0. The molecule has 0 atom stereocenters. The van der Waals surface area contributed by atoms with Crippen molar-refractivity contribution in [1.29, 1.82) is 0 Å². The van der Waals surface area contributed by atoms with Crippen molar-refractivity contribution in [3.05, 3.63) is 90.6 Å². The van der Waals surface area contributed by atoms with Gasteiger partial charge in [-0.05, 0) is 36.4 Å². The summed E-state index contributed by atoms with van der Waals surface area (Å²) in [6.07, 6.45) is 1.70. The maximum atomic E-state index is 12.8. The third-order valence-electron chi connectivity index (χ3n) is 4.73. The number of amides is 1. The van der Waals surface area contributed by atoms with Gasteiger partial charge in [0.05, 0.1) is 14.2 Å². The van der Waals surface area contributed by atoms with Crippen LogP contribution in [0.2, 0.25) is 0 Å². The average Bonchev–Trinajstić information content (AvgIpc) is 2.85. The maximum absolute atomic E-state index is 12.8. The standard InChI is InChI=1S/C25H22N4O3/c1-31-21-12-11-20(16-22(21)32-2)28-25(30)18-9-6-10-19(15-18)27-23-13-14-26-24(29-23)17-7-4-3-5-8-17/h3-16H,1-2H3,(H,28,30)(H,26,27,29). The van der Waals surface area contributed by atoms with Crippen LogP contribution < -0.4 is 20.1 Å². The lowest BCUT2D eigenvalue weighted by Gasteiger charge is -2.11. The Bertz CT molecular complexity index is 1230. The van der Waals surface area contributed by atoms with Crippen LogP contribution >= 0.6 is 0 Å². The molecule has 32 heavy (non-hydrogen) atoms. The van der Waals surface area contributed by atoms with Crippen LogP contribution in [0.4, 0.5) is 17.2 Å². The zero-order valence-electron chi connectivity index (χ0n) is 17.7. The van der Waals surface area contributed by atoms with E-state index < -0.39 is 0 Å². The Morgan fingerprint density at radius 3 is 2.41 bits per heavy atom. The highest BCUT2D eigenvalue weighted by atomic mass is 16.5. The Kier molecular flexibility index (Phi) is 6.27. The van der Waals surface area contributed by atoms with Crippen molar-refractivity contribution < 1.29 is 14.3 Å². The molecule has 0 spiro atoms.